The molecule has 0 fully saturated rings. The smallest absolute Gasteiger partial charge is 0.311 e. The van der Waals surface area contributed by atoms with Gasteiger partial charge in [-0.3, -0.25) is 28.8 Å². The summed E-state index contributed by atoms with van der Waals surface area (Å²) >= 11 is 38.5. The molecule has 14 nitrogen and oxygen atoms in total. The Morgan fingerprint density at radius 2 is 0.732 bits per heavy atom. The van der Waals surface area contributed by atoms with Crippen molar-refractivity contribution in [3.8, 4) is 34.5 Å². The van der Waals surface area contributed by atoms with E-state index in [-0.39, 0.29) is 125 Å². The Hall–Kier alpha value is -4.96. The van der Waals surface area contributed by atoms with Gasteiger partial charge in [-0.2, -0.15) is 0 Å². The van der Waals surface area contributed by atoms with Crippen molar-refractivity contribution in [3.63, 3.8) is 0 Å². The van der Waals surface area contributed by atoms with Gasteiger partial charge in [-0.15, -0.1) is 0 Å². The monoisotopic (exact) mass is 1100 g/mol. The van der Waals surface area contributed by atoms with E-state index >= 15 is 0 Å². The Morgan fingerprint density at radius 1 is 0.394 bits per heavy atom. The molecule has 0 unspecified atom stereocenters. The van der Waals surface area contributed by atoms with Gasteiger partial charge in [0, 0.05) is 83.6 Å². The molecule has 0 aliphatic rings. The van der Waals surface area contributed by atoms with Crippen LogP contribution in [0.2, 0.25) is 30.1 Å². The number of rotatable bonds is 28. The lowest BCUT2D eigenvalue weighted by Crippen LogP contribution is -2.25. The highest BCUT2D eigenvalue weighted by molar-refractivity contribution is 6.36. The maximum atomic E-state index is 13.4. The third-order valence-electron chi connectivity index (χ3n) is 9.83. The average molecular weight is 1100 g/mol. The summed E-state index contributed by atoms with van der Waals surface area (Å²) in [5.74, 6) is -3.39. The lowest BCUT2D eigenvalue weighted by atomic mass is 10.1. The zero-order valence-electron chi connectivity index (χ0n) is 39.5. The van der Waals surface area contributed by atoms with Crippen LogP contribution in [-0.4, -0.2) is 48.4 Å². The SMILES string of the molecule is CCCC(=O)OC(CCc1cc(Oc2ccc(Cl)cc2Cl)c(OC(=O)CCCC(=O)Oc2cc(Cl)c(CCC(OC(=O)CCC)OC(=O)CCC)cc2Oc2ccc(Cl)cc2Cl)cc1Cl)OC(=O)CCC. The minimum Gasteiger partial charge on any atom is -0.452 e. The Bertz CT molecular complexity index is 2290. The summed E-state index contributed by atoms with van der Waals surface area (Å²) in [7, 11) is 0. The van der Waals surface area contributed by atoms with Crippen LogP contribution in [0.1, 0.15) is 122 Å². The average Bonchev–Trinajstić information content (AvgIpc) is 3.29. The van der Waals surface area contributed by atoms with E-state index in [1.807, 2.05) is 27.7 Å². The van der Waals surface area contributed by atoms with Gasteiger partial charge < -0.3 is 37.9 Å². The molecule has 20 heteroatoms. The Labute approximate surface area is 442 Å². The topological polar surface area (TPSA) is 176 Å². The summed E-state index contributed by atoms with van der Waals surface area (Å²) in [6.45, 7) is 7.26. The van der Waals surface area contributed by atoms with Gasteiger partial charge in [0.25, 0.3) is 0 Å². The predicted molar refractivity (Wildman–Crippen MR) is 269 cm³/mol. The molecular weight excluding hydrogens is 1050 g/mol. The number of aryl methyl sites for hydroxylation is 2. The number of halogens is 6. The second-order valence-electron chi connectivity index (χ2n) is 15.8. The van der Waals surface area contributed by atoms with Crippen LogP contribution >= 0.6 is 69.6 Å². The van der Waals surface area contributed by atoms with Gasteiger partial charge in [0.1, 0.15) is 11.5 Å². The Morgan fingerprint density at radius 3 is 1.04 bits per heavy atom. The van der Waals surface area contributed by atoms with E-state index in [0.29, 0.717) is 46.9 Å². The number of carbonyl (C=O) groups is 6. The summed E-state index contributed by atoms with van der Waals surface area (Å²) in [5.41, 5.74) is 0.939. The molecule has 4 aromatic carbocycles. The summed E-state index contributed by atoms with van der Waals surface area (Å²) in [4.78, 5) is 76.1. The maximum Gasteiger partial charge on any atom is 0.311 e. The molecule has 0 amide bonds. The zero-order chi connectivity index (χ0) is 52.0. The fraction of sp³-hybridized carbons (Fsp3) is 0.412. The van der Waals surface area contributed by atoms with Crippen LogP contribution < -0.4 is 18.9 Å². The van der Waals surface area contributed by atoms with E-state index in [1.165, 1.54) is 48.5 Å². The second-order valence-corrected chi connectivity index (χ2v) is 18.3. The predicted octanol–water partition coefficient (Wildman–Crippen LogP) is 14.8. The van der Waals surface area contributed by atoms with Gasteiger partial charge in [-0.05, 0) is 105 Å². The van der Waals surface area contributed by atoms with E-state index < -0.39 is 48.4 Å². The minimum atomic E-state index is -1.18. The van der Waals surface area contributed by atoms with Gasteiger partial charge >= 0.3 is 35.8 Å². The van der Waals surface area contributed by atoms with Gasteiger partial charge in [0.05, 0.1) is 10.0 Å². The highest BCUT2D eigenvalue weighted by atomic mass is 35.5. The van der Waals surface area contributed by atoms with E-state index in [0.717, 1.165) is 0 Å². The summed E-state index contributed by atoms with van der Waals surface area (Å²) in [5, 5.41) is 1.30. The van der Waals surface area contributed by atoms with Crippen LogP contribution in [0.15, 0.2) is 60.7 Å². The Kier molecular flexibility index (Phi) is 24.9. The van der Waals surface area contributed by atoms with Gasteiger partial charge in [-0.1, -0.05) is 97.3 Å². The number of benzene rings is 4. The van der Waals surface area contributed by atoms with Crippen LogP contribution in [0.25, 0.3) is 0 Å². The molecule has 0 aliphatic heterocycles. The van der Waals surface area contributed by atoms with Crippen LogP contribution in [0.5, 0.6) is 34.5 Å². The molecule has 0 saturated heterocycles. The van der Waals surface area contributed by atoms with E-state index in [1.54, 1.807) is 12.1 Å². The van der Waals surface area contributed by atoms with Gasteiger partial charge in [0.2, 0.25) is 12.6 Å². The molecule has 0 radical (unpaired) electrons. The van der Waals surface area contributed by atoms with Gasteiger partial charge in [0.15, 0.2) is 23.0 Å². The van der Waals surface area contributed by atoms with Crippen molar-refractivity contribution < 1.29 is 66.7 Å². The highest BCUT2D eigenvalue weighted by Crippen LogP contribution is 2.42. The first-order chi connectivity index (χ1) is 33.9. The normalized spacial score (nSPS) is 11.0. The molecule has 71 heavy (non-hydrogen) atoms. The summed E-state index contributed by atoms with van der Waals surface area (Å²) in [6, 6.07) is 14.8. The molecule has 0 spiro atoms. The zero-order valence-corrected chi connectivity index (χ0v) is 44.1. The molecule has 0 atom stereocenters. The molecule has 0 saturated carbocycles. The third-order valence-corrected chi connectivity index (χ3v) is 11.6. The van der Waals surface area contributed by atoms with Crippen LogP contribution in [-0.2, 0) is 60.6 Å². The molecule has 0 aliphatic carbocycles. The number of hydrogen-bond acceptors (Lipinski definition) is 14. The second kappa shape index (κ2) is 30.2. The maximum absolute atomic E-state index is 13.4. The molecule has 384 valence electrons. The van der Waals surface area contributed by atoms with Crippen molar-refractivity contribution in [3.05, 3.63) is 102 Å². The first kappa shape index (κ1) is 58.6. The standard InChI is InChI=1S/C51H54Cl6O14/c1-5-10-44(58)68-50(69-45(59)11-6-2)22-16-30-24-40(64-38-20-18-32(52)26-36(38)56)42(28-34(30)54)66-48(62)14-9-15-49(63)67-43-29-35(55)31(25-41(43)65-39-21-19-33(53)27-37(39)57)17-23-51(70-46(60)12-7-3)71-47(61)13-8-4/h18-21,24-29,50-51H,5-17,22-23H2,1-4H3. The van der Waals surface area contributed by atoms with E-state index in [4.69, 9.17) is 108 Å². The van der Waals surface area contributed by atoms with Crippen molar-refractivity contribution in [2.45, 2.75) is 137 Å². The third kappa shape index (κ3) is 20.2. The molecule has 0 bridgehead atoms. The van der Waals surface area contributed by atoms with Crippen LogP contribution in [0.4, 0.5) is 0 Å². The minimum absolute atomic E-state index is 0.0303. The summed E-state index contributed by atoms with van der Waals surface area (Å²) in [6.07, 6.45) is 0.135. The first-order valence-corrected chi connectivity index (χ1v) is 25.3. The fourth-order valence-corrected chi connectivity index (χ4v) is 7.79. The number of ether oxygens (including phenoxy) is 8. The summed E-state index contributed by atoms with van der Waals surface area (Å²) < 4.78 is 45.4. The lowest BCUT2D eigenvalue weighted by molar-refractivity contribution is -0.190. The Balaban J connectivity index is 1.51. The molecule has 4 aromatic rings. The van der Waals surface area contributed by atoms with Crippen LogP contribution in [0, 0.1) is 0 Å². The van der Waals surface area contributed by atoms with Crippen molar-refractivity contribution in [2.75, 3.05) is 0 Å². The molecule has 4 rings (SSSR count). The van der Waals surface area contributed by atoms with Crippen molar-refractivity contribution >= 4 is 105 Å². The van der Waals surface area contributed by atoms with Gasteiger partial charge in [-0.25, -0.2) is 0 Å². The van der Waals surface area contributed by atoms with E-state index in [2.05, 4.69) is 0 Å². The molecular formula is C51H54Cl6O14. The lowest BCUT2D eigenvalue weighted by Gasteiger charge is -2.19. The fourth-order valence-electron chi connectivity index (χ4n) is 6.40. The van der Waals surface area contributed by atoms with Crippen molar-refractivity contribution in [1.29, 1.82) is 0 Å². The molecule has 0 heterocycles. The number of esters is 6. The number of hydrogen-bond donors (Lipinski definition) is 0. The van der Waals surface area contributed by atoms with E-state index in [9.17, 15) is 28.8 Å². The van der Waals surface area contributed by atoms with Crippen molar-refractivity contribution in [2.24, 2.45) is 0 Å². The molecule has 0 aromatic heterocycles. The first-order valence-electron chi connectivity index (χ1n) is 23.0. The van der Waals surface area contributed by atoms with Crippen LogP contribution in [0.3, 0.4) is 0 Å². The molecule has 0 N–H and O–H groups in total. The van der Waals surface area contributed by atoms with Crippen molar-refractivity contribution in [1.82, 2.24) is 0 Å². The highest BCUT2D eigenvalue weighted by Gasteiger charge is 2.24. The number of carbonyl (C=O) groups excluding carboxylic acids is 6. The largest absolute Gasteiger partial charge is 0.452 e. The quantitative estimate of drug-likeness (QED) is 0.0298.